The van der Waals surface area contributed by atoms with Crippen molar-refractivity contribution in [1.82, 2.24) is 4.98 Å². The van der Waals surface area contributed by atoms with Crippen LogP contribution >= 0.6 is 0 Å². The van der Waals surface area contributed by atoms with Crippen LogP contribution in [0.1, 0.15) is 19.3 Å². The van der Waals surface area contributed by atoms with Crippen LogP contribution in [0.5, 0.6) is 0 Å². The van der Waals surface area contributed by atoms with Crippen LogP contribution < -0.4 is 4.90 Å². The van der Waals surface area contributed by atoms with Crippen LogP contribution in [-0.2, 0) is 9.84 Å². The molecular formula is C12H15N3O2S. The second-order valence-corrected chi connectivity index (χ2v) is 6.41. The summed E-state index contributed by atoms with van der Waals surface area (Å²) in [6, 6.07) is 5.61. The van der Waals surface area contributed by atoms with Gasteiger partial charge in [-0.05, 0) is 25.0 Å². The third kappa shape index (κ3) is 2.79. The number of anilines is 1. The van der Waals surface area contributed by atoms with Crippen LogP contribution in [0.3, 0.4) is 0 Å². The van der Waals surface area contributed by atoms with E-state index < -0.39 is 9.84 Å². The van der Waals surface area contributed by atoms with Gasteiger partial charge in [-0.25, -0.2) is 13.4 Å². The van der Waals surface area contributed by atoms with E-state index in [0.717, 1.165) is 12.8 Å². The van der Waals surface area contributed by atoms with Gasteiger partial charge in [0.15, 0.2) is 9.84 Å². The van der Waals surface area contributed by atoms with Gasteiger partial charge >= 0.3 is 0 Å². The summed E-state index contributed by atoms with van der Waals surface area (Å²) in [6.45, 7) is 0.528. The molecular weight excluding hydrogens is 250 g/mol. The molecule has 1 aromatic heterocycles. The molecule has 0 aromatic carbocycles. The summed E-state index contributed by atoms with van der Waals surface area (Å²) in [4.78, 5) is 6.39. The highest BCUT2D eigenvalue weighted by Crippen LogP contribution is 2.33. The molecule has 0 bridgehead atoms. The molecule has 96 valence electrons. The second-order valence-electron chi connectivity index (χ2n) is 4.43. The fourth-order valence-corrected chi connectivity index (χ4v) is 2.73. The minimum Gasteiger partial charge on any atom is -0.352 e. The molecule has 2 rings (SSSR count). The lowest BCUT2D eigenvalue weighted by Crippen LogP contribution is -2.29. The van der Waals surface area contributed by atoms with E-state index >= 15 is 0 Å². The Bertz CT molecular complexity index is 573. The van der Waals surface area contributed by atoms with Gasteiger partial charge in [0.25, 0.3) is 0 Å². The van der Waals surface area contributed by atoms with Crippen LogP contribution in [0.15, 0.2) is 23.2 Å². The van der Waals surface area contributed by atoms with E-state index in [2.05, 4.69) is 11.1 Å². The van der Waals surface area contributed by atoms with Crippen molar-refractivity contribution in [3.63, 3.8) is 0 Å². The normalized spacial score (nSPS) is 15.1. The van der Waals surface area contributed by atoms with Crippen LogP contribution in [0.2, 0.25) is 0 Å². The lowest BCUT2D eigenvalue weighted by Gasteiger charge is -2.24. The Labute approximate surface area is 107 Å². The van der Waals surface area contributed by atoms with E-state index in [-0.39, 0.29) is 4.90 Å². The number of pyridine rings is 1. The maximum atomic E-state index is 11.7. The summed E-state index contributed by atoms with van der Waals surface area (Å²) in [6.07, 6.45) is 5.21. The molecule has 1 aliphatic rings. The third-order valence-electron chi connectivity index (χ3n) is 2.87. The molecule has 0 spiro atoms. The summed E-state index contributed by atoms with van der Waals surface area (Å²) < 4.78 is 23.5. The maximum Gasteiger partial charge on any atom is 0.179 e. The smallest absolute Gasteiger partial charge is 0.179 e. The number of nitrogens with zero attached hydrogens (tertiary/aromatic N) is 3. The average Bonchev–Trinajstić information content (AvgIpc) is 3.13. The van der Waals surface area contributed by atoms with E-state index in [0.29, 0.717) is 24.8 Å². The number of hydrogen-bond acceptors (Lipinski definition) is 5. The molecule has 0 saturated heterocycles. The molecule has 0 radical (unpaired) electrons. The molecule has 0 unspecified atom stereocenters. The second kappa shape index (κ2) is 4.94. The van der Waals surface area contributed by atoms with Crippen molar-refractivity contribution in [2.75, 3.05) is 17.7 Å². The van der Waals surface area contributed by atoms with E-state index in [4.69, 9.17) is 5.26 Å². The number of sulfone groups is 1. The first-order valence-corrected chi connectivity index (χ1v) is 7.72. The average molecular weight is 265 g/mol. The maximum absolute atomic E-state index is 11.7. The van der Waals surface area contributed by atoms with E-state index in [1.807, 2.05) is 4.90 Å². The summed E-state index contributed by atoms with van der Waals surface area (Å²) in [7, 11) is -3.30. The van der Waals surface area contributed by atoms with Crippen LogP contribution in [0, 0.1) is 11.3 Å². The van der Waals surface area contributed by atoms with Crippen molar-refractivity contribution in [2.45, 2.75) is 30.2 Å². The van der Waals surface area contributed by atoms with Crippen molar-refractivity contribution < 1.29 is 8.42 Å². The molecule has 1 heterocycles. The van der Waals surface area contributed by atoms with Gasteiger partial charge < -0.3 is 4.90 Å². The fourth-order valence-electron chi connectivity index (χ4n) is 1.91. The van der Waals surface area contributed by atoms with Gasteiger partial charge in [0, 0.05) is 25.0 Å². The molecule has 0 amide bonds. The highest BCUT2D eigenvalue weighted by molar-refractivity contribution is 7.90. The lowest BCUT2D eigenvalue weighted by molar-refractivity contribution is 0.600. The van der Waals surface area contributed by atoms with Gasteiger partial charge in [-0.1, -0.05) is 0 Å². The first-order chi connectivity index (χ1) is 8.54. The Balaban J connectivity index is 2.38. The molecule has 0 aliphatic heterocycles. The van der Waals surface area contributed by atoms with Gasteiger partial charge in [0.1, 0.15) is 10.7 Å². The number of hydrogen-bond donors (Lipinski definition) is 0. The Kier molecular flexibility index (Phi) is 3.53. The monoisotopic (exact) mass is 265 g/mol. The van der Waals surface area contributed by atoms with Gasteiger partial charge in [0.05, 0.1) is 12.5 Å². The van der Waals surface area contributed by atoms with Gasteiger partial charge in [0.2, 0.25) is 0 Å². The summed E-state index contributed by atoms with van der Waals surface area (Å²) in [5, 5.41) is 8.68. The third-order valence-corrected chi connectivity index (χ3v) is 3.99. The topological polar surface area (TPSA) is 74.1 Å². The lowest BCUT2D eigenvalue weighted by atomic mass is 10.3. The Morgan fingerprint density at radius 3 is 2.83 bits per heavy atom. The minimum atomic E-state index is -3.30. The Hall–Kier alpha value is -1.61. The fraction of sp³-hybridized carbons (Fsp3) is 0.500. The Morgan fingerprint density at radius 1 is 1.56 bits per heavy atom. The Morgan fingerprint density at radius 2 is 2.28 bits per heavy atom. The van der Waals surface area contributed by atoms with Crippen LogP contribution in [0.4, 0.5) is 5.82 Å². The summed E-state index contributed by atoms with van der Waals surface area (Å²) in [5.74, 6) is 0.484. The summed E-state index contributed by atoms with van der Waals surface area (Å²) in [5.41, 5.74) is 0. The predicted molar refractivity (Wildman–Crippen MR) is 67.9 cm³/mol. The van der Waals surface area contributed by atoms with Crippen LogP contribution in [-0.4, -0.2) is 32.2 Å². The molecule has 5 nitrogen and oxygen atoms in total. The zero-order valence-corrected chi connectivity index (χ0v) is 11.0. The van der Waals surface area contributed by atoms with Crippen molar-refractivity contribution in [3.05, 3.63) is 18.3 Å². The molecule has 1 aliphatic carbocycles. The van der Waals surface area contributed by atoms with Crippen molar-refractivity contribution in [2.24, 2.45) is 0 Å². The van der Waals surface area contributed by atoms with Crippen LogP contribution in [0.25, 0.3) is 0 Å². The number of nitriles is 1. The first kappa shape index (κ1) is 12.8. The molecule has 0 atom stereocenters. The quantitative estimate of drug-likeness (QED) is 0.803. The van der Waals surface area contributed by atoms with Crippen molar-refractivity contribution in [1.29, 1.82) is 5.26 Å². The predicted octanol–water partition coefficient (Wildman–Crippen LogP) is 1.37. The summed E-state index contributed by atoms with van der Waals surface area (Å²) >= 11 is 0. The van der Waals surface area contributed by atoms with Gasteiger partial charge in [-0.2, -0.15) is 5.26 Å². The zero-order chi connectivity index (χ0) is 13.2. The zero-order valence-electron chi connectivity index (χ0n) is 10.2. The molecule has 1 fully saturated rings. The standard InChI is InChI=1S/C12H15N3O2S/c1-18(16,17)11-4-2-8-14-12(11)15(9-3-7-13)10-5-6-10/h2,4,8,10H,3,5-6,9H2,1H3. The SMILES string of the molecule is CS(=O)(=O)c1cccnc1N(CCC#N)C1CC1. The number of rotatable bonds is 5. The molecule has 1 aromatic rings. The minimum absolute atomic E-state index is 0.245. The van der Waals surface area contributed by atoms with Gasteiger partial charge in [-0.3, -0.25) is 0 Å². The molecule has 1 saturated carbocycles. The van der Waals surface area contributed by atoms with Crippen molar-refractivity contribution >= 4 is 15.7 Å². The highest BCUT2D eigenvalue weighted by Gasteiger charge is 2.32. The largest absolute Gasteiger partial charge is 0.352 e. The van der Waals surface area contributed by atoms with E-state index in [9.17, 15) is 8.42 Å². The van der Waals surface area contributed by atoms with E-state index in [1.165, 1.54) is 6.26 Å². The molecule has 18 heavy (non-hydrogen) atoms. The van der Waals surface area contributed by atoms with Gasteiger partial charge in [-0.15, -0.1) is 0 Å². The number of aromatic nitrogens is 1. The van der Waals surface area contributed by atoms with Crippen molar-refractivity contribution in [3.8, 4) is 6.07 Å². The first-order valence-electron chi connectivity index (χ1n) is 5.82. The molecule has 6 heteroatoms. The molecule has 0 N–H and O–H groups in total. The van der Waals surface area contributed by atoms with E-state index in [1.54, 1.807) is 18.3 Å². The highest BCUT2D eigenvalue weighted by atomic mass is 32.2.